The maximum atomic E-state index is 11.7. The highest BCUT2D eigenvalue weighted by atomic mass is 19.1. The fourth-order valence-electron chi connectivity index (χ4n) is 0.915. The zero-order valence-corrected chi connectivity index (χ0v) is 6.96. The molecule has 0 aliphatic rings. The van der Waals surface area contributed by atoms with E-state index in [1.54, 1.807) is 12.1 Å². The van der Waals surface area contributed by atoms with E-state index in [4.69, 9.17) is 4.74 Å². The van der Waals surface area contributed by atoms with Crippen LogP contribution in [0.25, 0.3) is 6.08 Å². The van der Waals surface area contributed by atoms with E-state index in [-0.39, 0.29) is 0 Å². The number of ether oxygens (including phenoxy) is 1. The molecular weight excluding hydrogens is 155 g/mol. The van der Waals surface area contributed by atoms with Gasteiger partial charge in [-0.15, -0.1) is 0 Å². The van der Waals surface area contributed by atoms with Gasteiger partial charge >= 0.3 is 0 Å². The van der Waals surface area contributed by atoms with Crippen LogP contribution in [-0.2, 0) is 0 Å². The minimum Gasteiger partial charge on any atom is -0.494 e. The number of halogens is 1. The number of benzene rings is 1. The predicted octanol–water partition coefficient (Wildman–Crippen LogP) is 3.03. The summed E-state index contributed by atoms with van der Waals surface area (Å²) in [6.07, 6.45) is 1.92. The molecule has 12 heavy (non-hydrogen) atoms. The second-order valence-electron chi connectivity index (χ2n) is 2.29. The monoisotopic (exact) mass is 166 g/mol. The molecule has 2 heteroatoms. The molecule has 0 unspecified atom stereocenters. The van der Waals surface area contributed by atoms with Crippen LogP contribution in [0.2, 0.25) is 0 Å². The Kier molecular flexibility index (Phi) is 3.33. The third-order valence-electron chi connectivity index (χ3n) is 1.45. The first kappa shape index (κ1) is 8.78. The average Bonchev–Trinajstić information content (AvgIpc) is 2.09. The molecule has 64 valence electrons. The molecule has 0 atom stereocenters. The fourth-order valence-corrected chi connectivity index (χ4v) is 0.915. The van der Waals surface area contributed by atoms with E-state index in [0.29, 0.717) is 12.9 Å². The van der Waals surface area contributed by atoms with Crippen molar-refractivity contribution < 1.29 is 9.13 Å². The molecule has 0 aromatic heterocycles. The summed E-state index contributed by atoms with van der Waals surface area (Å²) in [4.78, 5) is 0. The van der Waals surface area contributed by atoms with Gasteiger partial charge < -0.3 is 4.74 Å². The van der Waals surface area contributed by atoms with Crippen LogP contribution in [0.3, 0.4) is 0 Å². The van der Waals surface area contributed by atoms with Crippen molar-refractivity contribution in [2.45, 2.75) is 6.92 Å². The largest absolute Gasteiger partial charge is 0.494 e. The molecule has 1 aromatic rings. The highest BCUT2D eigenvalue weighted by molar-refractivity contribution is 5.49. The molecule has 0 aliphatic carbocycles. The minimum atomic E-state index is 0.523. The Morgan fingerprint density at radius 2 is 2.00 bits per heavy atom. The summed E-state index contributed by atoms with van der Waals surface area (Å²) in [7, 11) is 0. The molecule has 0 spiro atoms. The van der Waals surface area contributed by atoms with Crippen LogP contribution in [0.15, 0.2) is 30.6 Å². The SMILES string of the molecule is CCOc1ccc(C=CF)cc1. The number of rotatable bonds is 3. The molecule has 0 heterocycles. The Morgan fingerprint density at radius 1 is 1.33 bits per heavy atom. The van der Waals surface area contributed by atoms with Crippen molar-refractivity contribution in [1.82, 2.24) is 0 Å². The molecule has 1 aromatic carbocycles. The van der Waals surface area contributed by atoms with Crippen molar-refractivity contribution in [3.63, 3.8) is 0 Å². The van der Waals surface area contributed by atoms with Crippen LogP contribution in [0.4, 0.5) is 4.39 Å². The van der Waals surface area contributed by atoms with Crippen LogP contribution in [-0.4, -0.2) is 6.61 Å². The summed E-state index contributed by atoms with van der Waals surface area (Å²) < 4.78 is 16.9. The summed E-state index contributed by atoms with van der Waals surface area (Å²) in [5, 5.41) is 0. The molecule has 1 nitrogen and oxygen atoms in total. The molecule has 1 rings (SSSR count). The van der Waals surface area contributed by atoms with Crippen LogP contribution in [0.5, 0.6) is 5.75 Å². The average molecular weight is 166 g/mol. The van der Waals surface area contributed by atoms with Gasteiger partial charge in [-0.1, -0.05) is 12.1 Å². The molecule has 0 radical (unpaired) electrons. The molecule has 0 bridgehead atoms. The predicted molar refractivity (Wildman–Crippen MR) is 47.8 cm³/mol. The van der Waals surface area contributed by atoms with Gasteiger partial charge in [-0.05, 0) is 30.7 Å². The van der Waals surface area contributed by atoms with Crippen LogP contribution in [0.1, 0.15) is 12.5 Å². The van der Waals surface area contributed by atoms with E-state index in [9.17, 15) is 4.39 Å². The standard InChI is InChI=1S/C10H11FO/c1-2-12-10-5-3-9(4-6-10)7-8-11/h3-8H,2H2,1H3. The molecular formula is C10H11FO. The Balaban J connectivity index is 2.71. The molecule has 0 aliphatic heterocycles. The summed E-state index contributed by atoms with van der Waals surface area (Å²) in [6, 6.07) is 7.25. The molecule has 0 saturated heterocycles. The summed E-state index contributed by atoms with van der Waals surface area (Å²) in [5.74, 6) is 0.813. The van der Waals surface area contributed by atoms with Gasteiger partial charge in [-0.2, -0.15) is 0 Å². The van der Waals surface area contributed by atoms with Gasteiger partial charge in [0, 0.05) is 0 Å². The first-order chi connectivity index (χ1) is 5.86. The van der Waals surface area contributed by atoms with Gasteiger partial charge in [0.15, 0.2) is 0 Å². The van der Waals surface area contributed by atoms with Crippen molar-refractivity contribution in [2.24, 2.45) is 0 Å². The summed E-state index contributed by atoms with van der Waals surface area (Å²) >= 11 is 0. The van der Waals surface area contributed by atoms with Crippen molar-refractivity contribution in [3.05, 3.63) is 36.2 Å². The maximum absolute atomic E-state index is 11.7. The van der Waals surface area contributed by atoms with Crippen molar-refractivity contribution >= 4 is 6.08 Å². The smallest absolute Gasteiger partial charge is 0.119 e. The van der Waals surface area contributed by atoms with Gasteiger partial charge in [0.2, 0.25) is 0 Å². The maximum Gasteiger partial charge on any atom is 0.119 e. The molecule has 0 N–H and O–H groups in total. The van der Waals surface area contributed by atoms with Crippen molar-refractivity contribution in [2.75, 3.05) is 6.61 Å². The first-order valence-electron chi connectivity index (χ1n) is 3.86. The van der Waals surface area contributed by atoms with E-state index in [1.807, 2.05) is 19.1 Å². The first-order valence-corrected chi connectivity index (χ1v) is 3.86. The lowest BCUT2D eigenvalue weighted by Gasteiger charge is -2.01. The minimum absolute atomic E-state index is 0.523. The number of hydrogen-bond donors (Lipinski definition) is 0. The third kappa shape index (κ3) is 2.38. The van der Waals surface area contributed by atoms with E-state index < -0.39 is 0 Å². The normalized spacial score (nSPS) is 10.5. The molecule has 0 saturated carbocycles. The Morgan fingerprint density at radius 3 is 2.50 bits per heavy atom. The van der Waals surface area contributed by atoms with Crippen LogP contribution < -0.4 is 4.74 Å². The highest BCUT2D eigenvalue weighted by Gasteiger charge is 1.90. The van der Waals surface area contributed by atoms with Gasteiger partial charge in [-0.25, -0.2) is 4.39 Å². The molecule has 0 fully saturated rings. The van der Waals surface area contributed by atoms with E-state index in [1.165, 1.54) is 6.08 Å². The van der Waals surface area contributed by atoms with Crippen LogP contribution in [0, 0.1) is 0 Å². The molecule has 0 amide bonds. The topological polar surface area (TPSA) is 9.23 Å². The van der Waals surface area contributed by atoms with Gasteiger partial charge in [0.05, 0.1) is 12.9 Å². The van der Waals surface area contributed by atoms with Gasteiger partial charge in [0.1, 0.15) is 5.75 Å². The van der Waals surface area contributed by atoms with Crippen LogP contribution >= 0.6 is 0 Å². The zero-order chi connectivity index (χ0) is 8.81. The lowest BCUT2D eigenvalue weighted by molar-refractivity contribution is 0.340. The van der Waals surface area contributed by atoms with E-state index in [2.05, 4.69) is 0 Å². The fraction of sp³-hybridized carbons (Fsp3) is 0.200. The Hall–Kier alpha value is -1.31. The second kappa shape index (κ2) is 4.54. The quantitative estimate of drug-likeness (QED) is 0.670. The zero-order valence-electron chi connectivity index (χ0n) is 6.96. The van der Waals surface area contributed by atoms with Crippen molar-refractivity contribution in [1.29, 1.82) is 0 Å². The summed E-state index contributed by atoms with van der Waals surface area (Å²) in [6.45, 7) is 2.58. The third-order valence-corrected chi connectivity index (χ3v) is 1.45. The Bertz CT molecular complexity index is 251. The van der Waals surface area contributed by atoms with E-state index >= 15 is 0 Å². The van der Waals surface area contributed by atoms with E-state index in [0.717, 1.165) is 11.3 Å². The highest BCUT2D eigenvalue weighted by Crippen LogP contribution is 2.12. The Labute approximate surface area is 71.5 Å². The second-order valence-corrected chi connectivity index (χ2v) is 2.29. The lowest BCUT2D eigenvalue weighted by atomic mass is 10.2. The summed E-state index contributed by atoms with van der Waals surface area (Å²) in [5.41, 5.74) is 0.834. The van der Waals surface area contributed by atoms with Crippen molar-refractivity contribution in [3.8, 4) is 5.75 Å². The van der Waals surface area contributed by atoms with Gasteiger partial charge in [0.25, 0.3) is 0 Å². The lowest BCUT2D eigenvalue weighted by Crippen LogP contribution is -1.90. The van der Waals surface area contributed by atoms with Gasteiger partial charge in [-0.3, -0.25) is 0 Å². The number of hydrogen-bond acceptors (Lipinski definition) is 1.